The van der Waals surface area contributed by atoms with Crippen molar-refractivity contribution < 1.29 is 14.4 Å². The summed E-state index contributed by atoms with van der Waals surface area (Å²) in [7, 11) is 1.71. The van der Waals surface area contributed by atoms with Crippen molar-refractivity contribution in [3.63, 3.8) is 0 Å². The fraction of sp³-hybridized carbons (Fsp3) is 0.609. The Morgan fingerprint density at radius 1 is 1.16 bits per heavy atom. The average Bonchev–Trinajstić information content (AvgIpc) is 3.26. The minimum Gasteiger partial charge on any atom is -0.347 e. The van der Waals surface area contributed by atoms with E-state index in [1.165, 1.54) is 22.9 Å². The molecule has 3 N–H and O–H groups in total. The molecular weight excluding hydrogens is 412 g/mol. The fourth-order valence-corrected chi connectivity index (χ4v) is 5.30. The van der Waals surface area contributed by atoms with Crippen molar-refractivity contribution in [2.45, 2.75) is 63.5 Å². The summed E-state index contributed by atoms with van der Waals surface area (Å²) in [5.74, 6) is 0.0774. The summed E-state index contributed by atoms with van der Waals surface area (Å²) in [5, 5.41) is 8.38. The number of nitrogens with one attached hydrogen (secondary N) is 3. The Kier molecular flexibility index (Phi) is 8.00. The van der Waals surface area contributed by atoms with Crippen LogP contribution in [0.4, 0.5) is 0 Å². The largest absolute Gasteiger partial charge is 0.347 e. The first kappa shape index (κ1) is 23.6. The van der Waals surface area contributed by atoms with Crippen molar-refractivity contribution in [1.82, 2.24) is 20.9 Å². The molecule has 1 saturated heterocycles. The number of likely N-dealkylation sites (N-methyl/N-ethyl adjacent to an activating group) is 1. The molecule has 0 saturated carbocycles. The minimum atomic E-state index is -0.660. The molecule has 170 valence electrons. The number of carbonyl (C=O) groups is 3. The summed E-state index contributed by atoms with van der Waals surface area (Å²) in [6.45, 7) is 6.07. The van der Waals surface area contributed by atoms with Crippen molar-refractivity contribution in [3.8, 4) is 0 Å². The van der Waals surface area contributed by atoms with Crippen LogP contribution in [0.25, 0.3) is 0 Å². The van der Waals surface area contributed by atoms with E-state index in [1.54, 1.807) is 18.9 Å². The minimum absolute atomic E-state index is 0.0207. The van der Waals surface area contributed by atoms with Gasteiger partial charge < -0.3 is 20.9 Å². The second kappa shape index (κ2) is 10.5. The number of fused-ring (bicyclic) bond motifs is 1. The molecule has 1 heterocycles. The van der Waals surface area contributed by atoms with Gasteiger partial charge in [-0.1, -0.05) is 38.1 Å². The standard InChI is InChI=1S/C23H34N4O3S/c1-14(2)19(26-20(28)15(3)24-4)22(30)27-12-13-31-23(27)21(29)25-18-11-7-9-16-8-5-6-10-17(16)18/h5-6,8,10,14-15,18-19,23-24H,7,9,11-13H2,1-4H3,(H,25,29)(H,26,28)/t15-,18+,19-,23?/m0/s1. The van der Waals surface area contributed by atoms with E-state index in [2.05, 4.69) is 28.1 Å². The quantitative estimate of drug-likeness (QED) is 0.595. The molecule has 1 aliphatic heterocycles. The molecule has 1 aromatic carbocycles. The number of aryl methyl sites for hydroxylation is 1. The first-order chi connectivity index (χ1) is 14.8. The third kappa shape index (κ3) is 5.41. The normalized spacial score (nSPS) is 22.5. The zero-order valence-electron chi connectivity index (χ0n) is 18.8. The summed E-state index contributed by atoms with van der Waals surface area (Å²) in [4.78, 5) is 40.5. The van der Waals surface area contributed by atoms with Crippen molar-refractivity contribution in [2.24, 2.45) is 5.92 Å². The van der Waals surface area contributed by atoms with Gasteiger partial charge in [0.15, 0.2) is 5.37 Å². The molecule has 1 fully saturated rings. The number of benzene rings is 1. The van der Waals surface area contributed by atoms with Crippen molar-refractivity contribution >= 4 is 29.5 Å². The van der Waals surface area contributed by atoms with Crippen LogP contribution >= 0.6 is 11.8 Å². The van der Waals surface area contributed by atoms with Crippen LogP contribution in [0.5, 0.6) is 0 Å². The molecule has 0 spiro atoms. The predicted molar refractivity (Wildman–Crippen MR) is 124 cm³/mol. The van der Waals surface area contributed by atoms with Crippen LogP contribution in [0.3, 0.4) is 0 Å². The monoisotopic (exact) mass is 446 g/mol. The number of amides is 3. The first-order valence-corrected chi connectivity index (χ1v) is 12.2. The summed E-state index contributed by atoms with van der Waals surface area (Å²) in [6.07, 6.45) is 2.97. The average molecular weight is 447 g/mol. The lowest BCUT2D eigenvalue weighted by molar-refractivity contribution is -0.141. The van der Waals surface area contributed by atoms with Crippen LogP contribution in [-0.4, -0.2) is 59.4 Å². The Labute approximate surface area is 189 Å². The first-order valence-electron chi connectivity index (χ1n) is 11.1. The molecule has 8 heteroatoms. The third-order valence-electron chi connectivity index (χ3n) is 6.14. The summed E-state index contributed by atoms with van der Waals surface area (Å²) in [6, 6.07) is 7.16. The van der Waals surface area contributed by atoms with E-state index in [0.717, 1.165) is 19.3 Å². The van der Waals surface area contributed by atoms with Gasteiger partial charge in [-0.3, -0.25) is 14.4 Å². The van der Waals surface area contributed by atoms with Gasteiger partial charge in [0, 0.05) is 12.3 Å². The van der Waals surface area contributed by atoms with E-state index < -0.39 is 17.5 Å². The summed E-state index contributed by atoms with van der Waals surface area (Å²) in [5.41, 5.74) is 2.46. The molecular formula is C23H34N4O3S. The fourth-order valence-electron chi connectivity index (χ4n) is 4.16. The smallest absolute Gasteiger partial charge is 0.253 e. The van der Waals surface area contributed by atoms with Crippen LogP contribution < -0.4 is 16.0 Å². The van der Waals surface area contributed by atoms with E-state index in [9.17, 15) is 14.4 Å². The zero-order valence-corrected chi connectivity index (χ0v) is 19.6. The van der Waals surface area contributed by atoms with Gasteiger partial charge in [0.1, 0.15) is 6.04 Å². The number of hydrogen-bond acceptors (Lipinski definition) is 5. The van der Waals surface area contributed by atoms with E-state index >= 15 is 0 Å². The number of carbonyl (C=O) groups excluding carboxylic acids is 3. The highest BCUT2D eigenvalue weighted by Crippen LogP contribution is 2.31. The molecule has 0 aromatic heterocycles. The molecule has 7 nitrogen and oxygen atoms in total. The van der Waals surface area contributed by atoms with Crippen molar-refractivity contribution in [1.29, 1.82) is 0 Å². The molecule has 1 aromatic rings. The Hall–Kier alpha value is -2.06. The van der Waals surface area contributed by atoms with Crippen LogP contribution in [0.2, 0.25) is 0 Å². The maximum absolute atomic E-state index is 13.3. The van der Waals surface area contributed by atoms with E-state index in [4.69, 9.17) is 0 Å². The molecule has 0 bridgehead atoms. The zero-order chi connectivity index (χ0) is 22.5. The number of thioether (sulfide) groups is 1. The highest BCUT2D eigenvalue weighted by molar-refractivity contribution is 8.00. The van der Waals surface area contributed by atoms with Gasteiger partial charge in [0.05, 0.1) is 12.1 Å². The Balaban J connectivity index is 1.70. The van der Waals surface area contributed by atoms with Crippen molar-refractivity contribution in [2.75, 3.05) is 19.3 Å². The topological polar surface area (TPSA) is 90.5 Å². The molecule has 2 aliphatic rings. The number of nitrogens with zero attached hydrogens (tertiary/aromatic N) is 1. The molecule has 3 rings (SSSR count). The van der Waals surface area contributed by atoms with Gasteiger partial charge in [-0.15, -0.1) is 11.8 Å². The molecule has 3 amide bonds. The molecule has 31 heavy (non-hydrogen) atoms. The van der Waals surface area contributed by atoms with E-state index in [0.29, 0.717) is 12.3 Å². The summed E-state index contributed by atoms with van der Waals surface area (Å²) < 4.78 is 0. The Morgan fingerprint density at radius 2 is 1.90 bits per heavy atom. The van der Waals surface area contributed by atoms with E-state index in [-0.39, 0.29) is 29.7 Å². The molecule has 1 unspecified atom stereocenters. The molecule has 4 atom stereocenters. The van der Waals surface area contributed by atoms with Gasteiger partial charge in [0.2, 0.25) is 11.8 Å². The summed E-state index contributed by atoms with van der Waals surface area (Å²) >= 11 is 1.48. The van der Waals surface area contributed by atoms with Crippen LogP contribution in [-0.2, 0) is 20.8 Å². The lowest BCUT2D eigenvalue weighted by Crippen LogP contribution is -2.57. The van der Waals surface area contributed by atoms with Crippen LogP contribution in [0.15, 0.2) is 24.3 Å². The molecule has 0 radical (unpaired) electrons. The highest BCUT2D eigenvalue weighted by Gasteiger charge is 2.40. The highest BCUT2D eigenvalue weighted by atomic mass is 32.2. The lowest BCUT2D eigenvalue weighted by Gasteiger charge is -2.32. The Morgan fingerprint density at radius 3 is 2.61 bits per heavy atom. The predicted octanol–water partition coefficient (Wildman–Crippen LogP) is 1.83. The number of hydrogen-bond donors (Lipinski definition) is 3. The number of rotatable bonds is 7. The second-order valence-electron chi connectivity index (χ2n) is 8.65. The SMILES string of the molecule is CN[C@@H](C)C(=O)N[C@H](C(=O)N1CCSC1C(=O)N[C@@H]1CCCc2ccccc21)C(C)C. The third-order valence-corrected chi connectivity index (χ3v) is 7.34. The van der Waals surface area contributed by atoms with Crippen LogP contribution in [0, 0.1) is 5.92 Å². The van der Waals surface area contributed by atoms with Gasteiger partial charge >= 0.3 is 0 Å². The van der Waals surface area contributed by atoms with Gasteiger partial charge in [0.25, 0.3) is 5.91 Å². The maximum atomic E-state index is 13.3. The lowest BCUT2D eigenvalue weighted by atomic mass is 9.88. The Bertz CT molecular complexity index is 816. The van der Waals surface area contributed by atoms with Gasteiger partial charge in [-0.25, -0.2) is 0 Å². The van der Waals surface area contributed by atoms with Crippen molar-refractivity contribution in [3.05, 3.63) is 35.4 Å². The van der Waals surface area contributed by atoms with Gasteiger partial charge in [-0.05, 0) is 50.3 Å². The second-order valence-corrected chi connectivity index (χ2v) is 9.84. The maximum Gasteiger partial charge on any atom is 0.253 e. The van der Waals surface area contributed by atoms with Gasteiger partial charge in [-0.2, -0.15) is 0 Å². The van der Waals surface area contributed by atoms with Crippen LogP contribution in [0.1, 0.15) is 50.8 Å². The van der Waals surface area contributed by atoms with E-state index in [1.807, 2.05) is 26.0 Å². The molecule has 1 aliphatic carbocycles.